The first kappa shape index (κ1) is 9.57. The zero-order chi connectivity index (χ0) is 8.81. The van der Waals surface area contributed by atoms with Gasteiger partial charge < -0.3 is 10.1 Å². The molecular formula is C7H13N3OS. The number of ether oxygens (including phenoxy) is 1. The minimum absolute atomic E-state index is 0.179. The van der Waals surface area contributed by atoms with Crippen LogP contribution in [0.25, 0.3) is 0 Å². The van der Waals surface area contributed by atoms with Gasteiger partial charge in [0, 0.05) is 7.11 Å². The average Bonchev–Trinajstić information content (AvgIpc) is 2.56. The van der Waals surface area contributed by atoms with Crippen LogP contribution in [0.3, 0.4) is 0 Å². The van der Waals surface area contributed by atoms with Crippen LogP contribution in [-0.2, 0) is 4.74 Å². The van der Waals surface area contributed by atoms with Crippen molar-refractivity contribution in [2.75, 3.05) is 20.3 Å². The Balaban J connectivity index is 2.53. The van der Waals surface area contributed by atoms with Gasteiger partial charge in [-0.25, -0.2) is 0 Å². The van der Waals surface area contributed by atoms with E-state index in [9.17, 15) is 0 Å². The van der Waals surface area contributed by atoms with Crippen LogP contribution >= 0.6 is 11.7 Å². The molecule has 0 radical (unpaired) electrons. The van der Waals surface area contributed by atoms with Crippen LogP contribution < -0.4 is 5.32 Å². The molecule has 0 aromatic carbocycles. The van der Waals surface area contributed by atoms with Gasteiger partial charge in [0.05, 0.1) is 36.3 Å². The first-order chi connectivity index (χ1) is 5.88. The molecule has 1 aromatic rings. The minimum atomic E-state index is 0.179. The molecule has 0 aliphatic heterocycles. The second-order valence-corrected chi connectivity index (χ2v) is 2.95. The molecule has 0 spiro atoms. The summed E-state index contributed by atoms with van der Waals surface area (Å²) in [6, 6.07) is 0.179. The summed E-state index contributed by atoms with van der Waals surface area (Å²) in [4.78, 5) is 0. The van der Waals surface area contributed by atoms with Crippen molar-refractivity contribution in [1.82, 2.24) is 14.1 Å². The highest BCUT2D eigenvalue weighted by molar-refractivity contribution is 6.99. The van der Waals surface area contributed by atoms with Gasteiger partial charge in [0.1, 0.15) is 0 Å². The van der Waals surface area contributed by atoms with Crippen LogP contribution in [0.5, 0.6) is 0 Å². The van der Waals surface area contributed by atoms with Crippen LogP contribution in [0, 0.1) is 0 Å². The lowest BCUT2D eigenvalue weighted by atomic mass is 10.2. The van der Waals surface area contributed by atoms with Crippen LogP contribution in [0.15, 0.2) is 6.20 Å². The highest BCUT2D eigenvalue weighted by atomic mass is 32.1. The van der Waals surface area contributed by atoms with E-state index in [1.54, 1.807) is 13.3 Å². The fourth-order valence-corrected chi connectivity index (χ4v) is 1.46. The summed E-state index contributed by atoms with van der Waals surface area (Å²) in [6.07, 6.45) is 1.77. The lowest BCUT2D eigenvalue weighted by molar-refractivity contribution is 0.166. The number of nitrogens with one attached hydrogen (secondary N) is 1. The van der Waals surface area contributed by atoms with Crippen molar-refractivity contribution in [3.8, 4) is 0 Å². The molecule has 1 atom stereocenters. The monoisotopic (exact) mass is 187 g/mol. The predicted octanol–water partition coefficient (Wildman–Crippen LogP) is 0.835. The van der Waals surface area contributed by atoms with E-state index in [-0.39, 0.29) is 6.04 Å². The molecule has 1 rings (SSSR count). The maximum absolute atomic E-state index is 5.05. The maximum Gasteiger partial charge on any atom is 0.0935 e. The van der Waals surface area contributed by atoms with Gasteiger partial charge >= 0.3 is 0 Å². The molecule has 1 heterocycles. The highest BCUT2D eigenvalue weighted by Gasteiger charge is 2.11. The average molecular weight is 187 g/mol. The third kappa shape index (κ3) is 2.51. The molecule has 0 fully saturated rings. The molecule has 1 aromatic heterocycles. The number of hydrogen-bond acceptors (Lipinski definition) is 5. The third-order valence-electron chi connectivity index (χ3n) is 1.52. The van der Waals surface area contributed by atoms with Crippen molar-refractivity contribution in [2.45, 2.75) is 13.0 Å². The minimum Gasteiger partial charge on any atom is -0.383 e. The number of rotatable bonds is 5. The smallest absolute Gasteiger partial charge is 0.0935 e. The molecule has 0 aliphatic rings. The van der Waals surface area contributed by atoms with Gasteiger partial charge in [-0.2, -0.15) is 8.75 Å². The van der Waals surface area contributed by atoms with E-state index < -0.39 is 0 Å². The van der Waals surface area contributed by atoms with Crippen molar-refractivity contribution in [2.24, 2.45) is 0 Å². The molecule has 0 bridgehead atoms. The summed E-state index contributed by atoms with van der Waals surface area (Å²) in [5.41, 5.74) is 0.962. The van der Waals surface area contributed by atoms with Gasteiger partial charge in [0.25, 0.3) is 0 Å². The molecule has 4 nitrogen and oxygen atoms in total. The van der Waals surface area contributed by atoms with Crippen molar-refractivity contribution in [3.63, 3.8) is 0 Å². The van der Waals surface area contributed by atoms with Crippen LogP contribution in [0.2, 0.25) is 0 Å². The summed E-state index contributed by atoms with van der Waals surface area (Å²) in [7, 11) is 1.68. The number of aromatic nitrogens is 2. The number of nitrogens with zero attached hydrogens (tertiary/aromatic N) is 2. The van der Waals surface area contributed by atoms with E-state index in [1.165, 1.54) is 11.7 Å². The Morgan fingerprint density at radius 3 is 3.08 bits per heavy atom. The molecule has 0 amide bonds. The Kier molecular flexibility index (Phi) is 4.13. The highest BCUT2D eigenvalue weighted by Crippen LogP contribution is 2.09. The van der Waals surface area contributed by atoms with Crippen molar-refractivity contribution < 1.29 is 4.74 Å². The van der Waals surface area contributed by atoms with Gasteiger partial charge in [-0.3, -0.25) is 0 Å². The number of hydrogen-bond donors (Lipinski definition) is 1. The lowest BCUT2D eigenvalue weighted by Crippen LogP contribution is -2.25. The Hall–Kier alpha value is -0.520. The molecule has 1 unspecified atom stereocenters. The Labute approximate surface area is 76.3 Å². The molecular weight excluding hydrogens is 174 g/mol. The van der Waals surface area contributed by atoms with Crippen LogP contribution in [0.1, 0.15) is 18.7 Å². The summed E-state index contributed by atoms with van der Waals surface area (Å²) < 4.78 is 13.1. The summed E-state index contributed by atoms with van der Waals surface area (Å²) in [5, 5.41) is 3.27. The SMILES string of the molecule is CCNC(COC)c1cnsn1. The fourth-order valence-electron chi connectivity index (χ4n) is 0.987. The summed E-state index contributed by atoms with van der Waals surface area (Å²) >= 11 is 1.22. The van der Waals surface area contributed by atoms with Gasteiger partial charge in [0.15, 0.2) is 0 Å². The molecule has 5 heteroatoms. The van der Waals surface area contributed by atoms with E-state index in [2.05, 4.69) is 21.0 Å². The molecule has 1 N–H and O–H groups in total. The van der Waals surface area contributed by atoms with Crippen molar-refractivity contribution >= 4 is 11.7 Å². The predicted molar refractivity (Wildman–Crippen MR) is 48.2 cm³/mol. The standard InChI is InChI=1S/C7H13N3OS/c1-3-8-7(5-11-2)6-4-9-12-10-6/h4,7-8H,3,5H2,1-2H3. The molecule has 0 saturated heterocycles. The largest absolute Gasteiger partial charge is 0.383 e. The maximum atomic E-state index is 5.05. The zero-order valence-electron chi connectivity index (χ0n) is 7.28. The van der Waals surface area contributed by atoms with Gasteiger partial charge in [-0.05, 0) is 6.54 Å². The second kappa shape index (κ2) is 5.18. The van der Waals surface area contributed by atoms with Gasteiger partial charge in [-0.15, -0.1) is 0 Å². The molecule has 0 saturated carbocycles. The zero-order valence-corrected chi connectivity index (χ0v) is 8.10. The molecule has 12 heavy (non-hydrogen) atoms. The fraction of sp³-hybridized carbons (Fsp3) is 0.714. The van der Waals surface area contributed by atoms with E-state index in [1.807, 2.05) is 0 Å². The van der Waals surface area contributed by atoms with Crippen LogP contribution in [0.4, 0.5) is 0 Å². The first-order valence-corrected chi connectivity index (χ1v) is 4.61. The summed E-state index contributed by atoms with van der Waals surface area (Å²) in [6.45, 7) is 3.60. The number of methoxy groups -OCH3 is 1. The third-order valence-corrected chi connectivity index (χ3v) is 2.01. The quantitative estimate of drug-likeness (QED) is 0.742. The van der Waals surface area contributed by atoms with Crippen molar-refractivity contribution in [3.05, 3.63) is 11.9 Å². The Morgan fingerprint density at radius 2 is 2.58 bits per heavy atom. The molecule has 0 aliphatic carbocycles. The lowest BCUT2D eigenvalue weighted by Gasteiger charge is -2.13. The van der Waals surface area contributed by atoms with Crippen LogP contribution in [-0.4, -0.2) is 29.0 Å². The second-order valence-electron chi connectivity index (χ2n) is 2.40. The van der Waals surface area contributed by atoms with E-state index in [0.29, 0.717) is 6.61 Å². The first-order valence-electron chi connectivity index (χ1n) is 3.88. The molecule has 68 valence electrons. The van der Waals surface area contributed by atoms with Crippen molar-refractivity contribution in [1.29, 1.82) is 0 Å². The van der Waals surface area contributed by atoms with Gasteiger partial charge in [0.2, 0.25) is 0 Å². The van der Waals surface area contributed by atoms with E-state index in [4.69, 9.17) is 4.74 Å². The summed E-state index contributed by atoms with van der Waals surface area (Å²) in [5.74, 6) is 0. The Morgan fingerprint density at radius 1 is 1.75 bits per heavy atom. The number of likely N-dealkylation sites (N-methyl/N-ethyl adjacent to an activating group) is 1. The normalized spacial score (nSPS) is 13.2. The van der Waals surface area contributed by atoms with E-state index in [0.717, 1.165) is 12.2 Å². The van der Waals surface area contributed by atoms with E-state index >= 15 is 0 Å². The van der Waals surface area contributed by atoms with Gasteiger partial charge in [-0.1, -0.05) is 6.92 Å². The Bertz CT molecular complexity index is 196. The topological polar surface area (TPSA) is 47.0 Å².